The Labute approximate surface area is 118 Å². The average molecular weight is 282 g/mol. The number of carbonyl (C=O) groups excluding carboxylic acids is 2. The molecule has 0 unspecified atom stereocenters. The van der Waals surface area contributed by atoms with Crippen LogP contribution in [0, 0.1) is 0 Å². The molecule has 0 radical (unpaired) electrons. The standard InChI is InChI=1S/C13H18N2O3S/c1-2-18-12(16)8-15(13(17)11(14)9-19)10-6-4-3-5-7-10/h3-7,11,19H,2,8-9,14H2,1H3/t11-/m0/s1. The SMILES string of the molecule is CCOC(=O)CN(C(=O)[C@@H](N)CS)c1ccccc1. The lowest BCUT2D eigenvalue weighted by Crippen LogP contribution is -2.47. The van der Waals surface area contributed by atoms with Crippen molar-refractivity contribution in [3.05, 3.63) is 30.3 Å². The number of hydrogen-bond donors (Lipinski definition) is 2. The number of amides is 1. The number of rotatable bonds is 6. The van der Waals surface area contributed by atoms with Crippen molar-refractivity contribution in [2.75, 3.05) is 23.8 Å². The molecule has 19 heavy (non-hydrogen) atoms. The van der Waals surface area contributed by atoms with E-state index in [1.807, 2.05) is 6.07 Å². The molecule has 1 amide bonds. The Kier molecular flexibility index (Phi) is 6.38. The van der Waals surface area contributed by atoms with E-state index in [2.05, 4.69) is 12.6 Å². The molecule has 1 atom stereocenters. The highest BCUT2D eigenvalue weighted by molar-refractivity contribution is 7.80. The first-order chi connectivity index (χ1) is 9.10. The fraction of sp³-hybridized carbons (Fsp3) is 0.385. The average Bonchev–Trinajstić information content (AvgIpc) is 2.44. The molecule has 0 aliphatic rings. The fourth-order valence-electron chi connectivity index (χ4n) is 1.52. The minimum atomic E-state index is -0.752. The molecule has 1 aromatic carbocycles. The van der Waals surface area contributed by atoms with E-state index in [4.69, 9.17) is 10.5 Å². The van der Waals surface area contributed by atoms with E-state index in [9.17, 15) is 9.59 Å². The zero-order valence-corrected chi connectivity index (χ0v) is 11.7. The van der Waals surface area contributed by atoms with E-state index in [0.717, 1.165) is 0 Å². The highest BCUT2D eigenvalue weighted by Crippen LogP contribution is 2.14. The number of ether oxygens (including phenoxy) is 1. The van der Waals surface area contributed by atoms with Crippen LogP contribution in [0.1, 0.15) is 6.92 Å². The summed E-state index contributed by atoms with van der Waals surface area (Å²) in [6.07, 6.45) is 0. The van der Waals surface area contributed by atoms with Gasteiger partial charge in [-0.15, -0.1) is 0 Å². The molecule has 2 N–H and O–H groups in total. The first-order valence-electron chi connectivity index (χ1n) is 5.98. The second-order valence-corrected chi connectivity index (χ2v) is 4.22. The number of thiol groups is 1. The molecular weight excluding hydrogens is 264 g/mol. The van der Waals surface area contributed by atoms with Crippen LogP contribution < -0.4 is 10.6 Å². The third-order valence-corrected chi connectivity index (χ3v) is 2.83. The lowest BCUT2D eigenvalue weighted by atomic mass is 10.2. The summed E-state index contributed by atoms with van der Waals surface area (Å²) >= 11 is 4.01. The van der Waals surface area contributed by atoms with E-state index in [-0.39, 0.29) is 24.8 Å². The van der Waals surface area contributed by atoms with Crippen molar-refractivity contribution in [1.29, 1.82) is 0 Å². The Hall–Kier alpha value is -1.53. The molecule has 0 spiro atoms. The first kappa shape index (κ1) is 15.5. The number of anilines is 1. The molecule has 0 aliphatic carbocycles. The van der Waals surface area contributed by atoms with Gasteiger partial charge in [-0.3, -0.25) is 14.5 Å². The lowest BCUT2D eigenvalue weighted by Gasteiger charge is -2.24. The van der Waals surface area contributed by atoms with Crippen LogP contribution in [0.4, 0.5) is 5.69 Å². The number of hydrogen-bond acceptors (Lipinski definition) is 5. The summed E-state index contributed by atoms with van der Waals surface area (Å²) in [5.74, 6) is -0.606. The molecule has 0 fully saturated rings. The quantitative estimate of drug-likeness (QED) is 0.599. The van der Waals surface area contributed by atoms with Crippen molar-refractivity contribution in [3.8, 4) is 0 Å². The molecule has 0 saturated heterocycles. The van der Waals surface area contributed by atoms with Crippen molar-refractivity contribution in [2.45, 2.75) is 13.0 Å². The molecule has 0 aliphatic heterocycles. The minimum Gasteiger partial charge on any atom is -0.465 e. The highest BCUT2D eigenvalue weighted by atomic mass is 32.1. The Balaban J connectivity index is 2.91. The van der Waals surface area contributed by atoms with Gasteiger partial charge in [0.1, 0.15) is 6.54 Å². The van der Waals surface area contributed by atoms with Crippen molar-refractivity contribution < 1.29 is 14.3 Å². The second-order valence-electron chi connectivity index (χ2n) is 3.85. The predicted octanol–water partition coefficient (Wildman–Crippen LogP) is 0.840. The number of esters is 1. The number of nitrogens with zero attached hydrogens (tertiary/aromatic N) is 1. The maximum absolute atomic E-state index is 12.2. The van der Waals surface area contributed by atoms with E-state index in [1.165, 1.54) is 4.90 Å². The van der Waals surface area contributed by atoms with Crippen LogP contribution >= 0.6 is 12.6 Å². The van der Waals surface area contributed by atoms with Gasteiger partial charge in [0, 0.05) is 11.4 Å². The summed E-state index contributed by atoms with van der Waals surface area (Å²) in [7, 11) is 0. The summed E-state index contributed by atoms with van der Waals surface area (Å²) in [6.45, 7) is 1.83. The van der Waals surface area contributed by atoms with Gasteiger partial charge >= 0.3 is 5.97 Å². The fourth-order valence-corrected chi connectivity index (χ4v) is 1.67. The van der Waals surface area contributed by atoms with Crippen LogP contribution in [0.25, 0.3) is 0 Å². The monoisotopic (exact) mass is 282 g/mol. The molecule has 104 valence electrons. The molecule has 1 rings (SSSR count). The van der Waals surface area contributed by atoms with Gasteiger partial charge in [0.05, 0.1) is 12.6 Å². The minimum absolute atomic E-state index is 0.155. The Morgan fingerprint density at radius 1 is 1.37 bits per heavy atom. The first-order valence-corrected chi connectivity index (χ1v) is 6.61. The van der Waals surface area contributed by atoms with Gasteiger partial charge < -0.3 is 10.5 Å². The van der Waals surface area contributed by atoms with Crippen molar-refractivity contribution in [2.24, 2.45) is 5.73 Å². The molecule has 0 heterocycles. The van der Waals surface area contributed by atoms with E-state index in [1.54, 1.807) is 31.2 Å². The Morgan fingerprint density at radius 3 is 2.53 bits per heavy atom. The van der Waals surface area contributed by atoms with E-state index < -0.39 is 12.0 Å². The lowest BCUT2D eigenvalue weighted by molar-refractivity contribution is -0.142. The maximum atomic E-state index is 12.2. The summed E-state index contributed by atoms with van der Waals surface area (Å²) in [6, 6.07) is 8.12. The van der Waals surface area contributed by atoms with Gasteiger partial charge in [0.2, 0.25) is 5.91 Å². The molecule has 6 heteroatoms. The van der Waals surface area contributed by atoms with Gasteiger partial charge in [0.15, 0.2) is 0 Å². The summed E-state index contributed by atoms with van der Waals surface area (Å²) in [5.41, 5.74) is 6.29. The third kappa shape index (κ3) is 4.57. The molecule has 1 aromatic rings. The number of nitrogens with two attached hydrogens (primary N) is 1. The Bertz CT molecular complexity index is 425. The molecular formula is C13H18N2O3S. The molecule has 5 nitrogen and oxygen atoms in total. The maximum Gasteiger partial charge on any atom is 0.326 e. The van der Waals surface area contributed by atoms with Crippen LogP contribution in [0.5, 0.6) is 0 Å². The van der Waals surface area contributed by atoms with Crippen molar-refractivity contribution in [1.82, 2.24) is 0 Å². The van der Waals surface area contributed by atoms with Crippen molar-refractivity contribution in [3.63, 3.8) is 0 Å². The smallest absolute Gasteiger partial charge is 0.326 e. The van der Waals surface area contributed by atoms with E-state index in [0.29, 0.717) is 5.69 Å². The summed E-state index contributed by atoms with van der Waals surface area (Å²) < 4.78 is 4.86. The normalized spacial score (nSPS) is 11.7. The molecule has 0 bridgehead atoms. The molecule has 0 saturated carbocycles. The van der Waals surface area contributed by atoms with Gasteiger partial charge in [-0.05, 0) is 19.1 Å². The number of benzene rings is 1. The zero-order chi connectivity index (χ0) is 14.3. The van der Waals surface area contributed by atoms with Gasteiger partial charge in [0.25, 0.3) is 0 Å². The van der Waals surface area contributed by atoms with Crippen LogP contribution in [0.15, 0.2) is 30.3 Å². The van der Waals surface area contributed by atoms with E-state index >= 15 is 0 Å². The van der Waals surface area contributed by atoms with Crippen LogP contribution in [-0.2, 0) is 14.3 Å². The highest BCUT2D eigenvalue weighted by Gasteiger charge is 2.24. The van der Waals surface area contributed by atoms with Crippen LogP contribution in [-0.4, -0.2) is 36.8 Å². The summed E-state index contributed by atoms with van der Waals surface area (Å²) in [4.78, 5) is 25.0. The number of carbonyl (C=O) groups is 2. The van der Waals surface area contributed by atoms with Gasteiger partial charge in [-0.25, -0.2) is 0 Å². The topological polar surface area (TPSA) is 72.6 Å². The van der Waals surface area contributed by atoms with Gasteiger partial charge in [-0.1, -0.05) is 18.2 Å². The van der Waals surface area contributed by atoms with Crippen LogP contribution in [0.3, 0.4) is 0 Å². The van der Waals surface area contributed by atoms with Crippen LogP contribution in [0.2, 0.25) is 0 Å². The summed E-state index contributed by atoms with van der Waals surface area (Å²) in [5, 5.41) is 0. The largest absolute Gasteiger partial charge is 0.465 e. The third-order valence-electron chi connectivity index (χ3n) is 2.44. The Morgan fingerprint density at radius 2 is 2.00 bits per heavy atom. The zero-order valence-electron chi connectivity index (χ0n) is 10.8. The van der Waals surface area contributed by atoms with Gasteiger partial charge in [-0.2, -0.15) is 12.6 Å². The number of para-hydroxylation sites is 1. The second kappa shape index (κ2) is 7.81. The molecule has 0 aromatic heterocycles. The van der Waals surface area contributed by atoms with Crippen molar-refractivity contribution >= 4 is 30.2 Å². The predicted molar refractivity (Wildman–Crippen MR) is 77.3 cm³/mol.